The van der Waals surface area contributed by atoms with E-state index in [-0.39, 0.29) is 18.1 Å². The number of likely N-dealkylation sites (tertiary alicyclic amines) is 1. The van der Waals surface area contributed by atoms with E-state index in [0.29, 0.717) is 39.1 Å². The first-order valence-corrected chi connectivity index (χ1v) is 11.8. The summed E-state index contributed by atoms with van der Waals surface area (Å²) in [6.07, 6.45) is 3.81. The van der Waals surface area contributed by atoms with Crippen molar-refractivity contribution in [3.63, 3.8) is 0 Å². The van der Waals surface area contributed by atoms with Gasteiger partial charge in [0.25, 0.3) is 0 Å². The van der Waals surface area contributed by atoms with Gasteiger partial charge in [0.05, 0.1) is 18.6 Å². The number of piperidine rings is 1. The Morgan fingerprint density at radius 3 is 2.50 bits per heavy atom. The minimum atomic E-state index is -0.662. The van der Waals surface area contributed by atoms with Crippen molar-refractivity contribution >= 4 is 17.2 Å². The molecule has 1 amide bonds. The molecule has 3 aliphatic heterocycles. The van der Waals surface area contributed by atoms with Gasteiger partial charge in [0, 0.05) is 36.1 Å². The van der Waals surface area contributed by atoms with E-state index in [1.54, 1.807) is 0 Å². The summed E-state index contributed by atoms with van der Waals surface area (Å²) in [5.41, 5.74) is 1.72. The Bertz CT molecular complexity index is 895. The number of fused-ring (bicyclic) bond motifs is 2. The van der Waals surface area contributed by atoms with Gasteiger partial charge in [-0.25, -0.2) is 0 Å². The molecule has 1 aromatic heterocycles. The number of aliphatic hydroxyl groups is 1. The number of hydrogen-bond donors (Lipinski definition) is 1. The number of amides is 1. The fourth-order valence-electron chi connectivity index (χ4n) is 5.15. The predicted octanol–water partition coefficient (Wildman–Crippen LogP) is 3.59. The van der Waals surface area contributed by atoms with Crippen molar-refractivity contribution in [1.82, 2.24) is 4.90 Å². The van der Waals surface area contributed by atoms with E-state index < -0.39 is 5.41 Å². The molecule has 2 fully saturated rings. The quantitative estimate of drug-likeness (QED) is 0.813. The van der Waals surface area contributed by atoms with Crippen LogP contribution in [-0.2, 0) is 26.3 Å². The molecule has 2 aromatic rings. The van der Waals surface area contributed by atoms with Gasteiger partial charge in [0.1, 0.15) is 5.60 Å². The van der Waals surface area contributed by atoms with Crippen molar-refractivity contribution in [2.24, 2.45) is 5.41 Å². The van der Waals surface area contributed by atoms with Crippen molar-refractivity contribution in [3.8, 4) is 10.4 Å². The van der Waals surface area contributed by atoms with E-state index in [9.17, 15) is 9.90 Å². The molecule has 0 atom stereocenters. The second-order valence-electron chi connectivity index (χ2n) is 8.77. The number of hydrogen-bond acceptors (Lipinski definition) is 5. The molecule has 5 nitrogen and oxygen atoms in total. The summed E-state index contributed by atoms with van der Waals surface area (Å²) in [5.74, 6) is 0.0929. The summed E-state index contributed by atoms with van der Waals surface area (Å²) < 4.78 is 11.8. The van der Waals surface area contributed by atoms with Crippen LogP contribution in [0.4, 0.5) is 0 Å². The third kappa shape index (κ3) is 3.40. The third-order valence-corrected chi connectivity index (χ3v) is 8.51. The first kappa shape index (κ1) is 20.2. The maximum atomic E-state index is 13.3. The topological polar surface area (TPSA) is 59.0 Å². The van der Waals surface area contributed by atoms with Gasteiger partial charge in [0.15, 0.2) is 0 Å². The highest BCUT2D eigenvalue weighted by Crippen LogP contribution is 2.48. The monoisotopic (exact) mass is 427 g/mol. The number of ether oxygens (including phenoxy) is 2. The molecule has 3 aliphatic rings. The predicted molar refractivity (Wildman–Crippen MR) is 116 cm³/mol. The molecule has 30 heavy (non-hydrogen) atoms. The molecule has 0 bridgehead atoms. The molecule has 4 heterocycles. The Labute approximate surface area is 181 Å². The van der Waals surface area contributed by atoms with Crippen LogP contribution >= 0.6 is 11.3 Å². The van der Waals surface area contributed by atoms with E-state index in [2.05, 4.69) is 30.3 Å². The zero-order chi connectivity index (χ0) is 20.6. The van der Waals surface area contributed by atoms with E-state index >= 15 is 0 Å². The van der Waals surface area contributed by atoms with Gasteiger partial charge in [0.2, 0.25) is 5.91 Å². The zero-order valence-corrected chi connectivity index (χ0v) is 18.1. The Morgan fingerprint density at radius 1 is 1.07 bits per heavy atom. The number of nitrogens with zero attached hydrogens (tertiary/aromatic N) is 1. The van der Waals surface area contributed by atoms with E-state index in [1.807, 2.05) is 22.3 Å². The molecule has 0 unspecified atom stereocenters. The fourth-order valence-corrected chi connectivity index (χ4v) is 6.56. The molecule has 160 valence electrons. The van der Waals surface area contributed by atoms with Crippen LogP contribution in [-0.4, -0.2) is 55.4 Å². The zero-order valence-electron chi connectivity index (χ0n) is 17.3. The molecular formula is C24H29NO4S. The molecule has 5 rings (SSSR count). The van der Waals surface area contributed by atoms with Crippen molar-refractivity contribution < 1.29 is 19.4 Å². The fraction of sp³-hybridized carbons (Fsp3) is 0.542. The number of carbonyl (C=O) groups excluding carboxylic acids is 1. The van der Waals surface area contributed by atoms with Crippen LogP contribution in [0.15, 0.2) is 36.4 Å². The largest absolute Gasteiger partial charge is 0.395 e. The lowest BCUT2D eigenvalue weighted by Gasteiger charge is -2.46. The molecular weight excluding hydrogens is 398 g/mol. The highest BCUT2D eigenvalue weighted by Gasteiger charge is 2.47. The average molecular weight is 428 g/mol. The van der Waals surface area contributed by atoms with Gasteiger partial charge >= 0.3 is 0 Å². The first-order chi connectivity index (χ1) is 14.7. The van der Waals surface area contributed by atoms with Gasteiger partial charge in [-0.05, 0) is 49.3 Å². The van der Waals surface area contributed by atoms with Crippen molar-refractivity contribution in [1.29, 1.82) is 0 Å². The molecule has 6 heteroatoms. The van der Waals surface area contributed by atoms with Crippen molar-refractivity contribution in [2.45, 2.75) is 37.7 Å². The molecule has 1 aromatic carbocycles. The van der Waals surface area contributed by atoms with Gasteiger partial charge in [-0.2, -0.15) is 0 Å². The molecule has 2 saturated heterocycles. The van der Waals surface area contributed by atoms with Gasteiger partial charge in [-0.1, -0.05) is 30.3 Å². The second kappa shape index (κ2) is 8.08. The van der Waals surface area contributed by atoms with Crippen LogP contribution in [0.1, 0.15) is 36.1 Å². The molecule has 1 N–H and O–H groups in total. The Hall–Kier alpha value is -1.73. The minimum absolute atomic E-state index is 0.0929. The van der Waals surface area contributed by atoms with Crippen LogP contribution in [0.25, 0.3) is 10.4 Å². The summed E-state index contributed by atoms with van der Waals surface area (Å²) in [7, 11) is 0. The summed E-state index contributed by atoms with van der Waals surface area (Å²) in [4.78, 5) is 17.9. The molecule has 0 radical (unpaired) electrons. The van der Waals surface area contributed by atoms with Gasteiger partial charge in [-0.3, -0.25) is 4.79 Å². The highest BCUT2D eigenvalue weighted by atomic mass is 32.1. The van der Waals surface area contributed by atoms with Gasteiger partial charge < -0.3 is 19.5 Å². The lowest BCUT2D eigenvalue weighted by Crippen LogP contribution is -2.54. The van der Waals surface area contributed by atoms with Crippen LogP contribution in [0.2, 0.25) is 0 Å². The van der Waals surface area contributed by atoms with E-state index in [0.717, 1.165) is 25.9 Å². The summed E-state index contributed by atoms with van der Waals surface area (Å²) >= 11 is 1.85. The maximum Gasteiger partial charge on any atom is 0.231 e. The third-order valence-electron chi connectivity index (χ3n) is 7.10. The maximum absolute atomic E-state index is 13.3. The van der Waals surface area contributed by atoms with Crippen LogP contribution in [0.3, 0.4) is 0 Å². The minimum Gasteiger partial charge on any atom is -0.395 e. The average Bonchev–Trinajstić information content (AvgIpc) is 3.26. The lowest BCUT2D eigenvalue weighted by molar-refractivity contribution is -0.159. The Morgan fingerprint density at radius 2 is 1.80 bits per heavy atom. The number of benzene rings is 1. The highest BCUT2D eigenvalue weighted by molar-refractivity contribution is 7.15. The Balaban J connectivity index is 1.35. The number of thiophene rings is 1. The summed E-state index contributed by atoms with van der Waals surface area (Å²) in [6.45, 7) is 3.10. The summed E-state index contributed by atoms with van der Waals surface area (Å²) in [5, 5.41) is 10.00. The van der Waals surface area contributed by atoms with Crippen molar-refractivity contribution in [3.05, 3.63) is 46.8 Å². The lowest BCUT2D eigenvalue weighted by atomic mass is 9.78. The van der Waals surface area contributed by atoms with Crippen LogP contribution in [0, 0.1) is 5.41 Å². The normalized spacial score (nSPS) is 22.6. The first-order valence-electron chi connectivity index (χ1n) is 11.0. The Kier molecular flexibility index (Phi) is 5.44. The second-order valence-corrected chi connectivity index (χ2v) is 9.82. The standard InChI is InChI=1S/C24H29NO4S/c26-17-23(9-14-28-15-10-23)22(27)25-11-7-24(8-12-25)21-19(6-13-29-24)16-20(30-21)18-4-2-1-3-5-18/h1-5,16,26H,6-15,17H2. The van der Waals surface area contributed by atoms with Gasteiger partial charge in [-0.15, -0.1) is 11.3 Å². The SMILES string of the molecule is O=C(N1CCC2(CC1)OCCc1cc(-c3ccccc3)sc12)C1(CO)CCOCC1. The number of aliphatic hydroxyl groups excluding tert-OH is 1. The molecule has 0 aliphatic carbocycles. The smallest absolute Gasteiger partial charge is 0.231 e. The summed E-state index contributed by atoms with van der Waals surface area (Å²) in [6, 6.07) is 12.9. The molecule has 1 spiro atoms. The van der Waals surface area contributed by atoms with Crippen LogP contribution < -0.4 is 0 Å². The molecule has 0 saturated carbocycles. The van der Waals surface area contributed by atoms with E-state index in [4.69, 9.17) is 9.47 Å². The number of carbonyl (C=O) groups is 1. The number of rotatable bonds is 3. The van der Waals surface area contributed by atoms with Crippen LogP contribution in [0.5, 0.6) is 0 Å². The van der Waals surface area contributed by atoms with Crippen molar-refractivity contribution in [2.75, 3.05) is 39.5 Å². The van der Waals surface area contributed by atoms with E-state index in [1.165, 1.54) is 20.9 Å².